The van der Waals surface area contributed by atoms with Gasteiger partial charge in [-0.05, 0) is 6.07 Å². The molecule has 3 nitrogen and oxygen atoms in total. The Balaban J connectivity index is 2.15. The van der Waals surface area contributed by atoms with E-state index < -0.39 is 0 Å². The summed E-state index contributed by atoms with van der Waals surface area (Å²) >= 11 is 1.58. The van der Waals surface area contributed by atoms with Gasteiger partial charge in [-0.25, -0.2) is 4.98 Å². The zero-order valence-corrected chi connectivity index (χ0v) is 7.66. The van der Waals surface area contributed by atoms with Gasteiger partial charge in [-0.3, -0.25) is 0 Å². The molecule has 0 aliphatic heterocycles. The van der Waals surface area contributed by atoms with Crippen LogP contribution in [0.2, 0.25) is 0 Å². The summed E-state index contributed by atoms with van der Waals surface area (Å²) in [6, 6.07) is 3.89. The van der Waals surface area contributed by atoms with Crippen molar-refractivity contribution >= 4 is 11.3 Å². The molecular weight excluding hydrogens is 182 g/mol. The summed E-state index contributed by atoms with van der Waals surface area (Å²) in [6.45, 7) is 0.741. The lowest BCUT2D eigenvalue weighted by Crippen LogP contribution is -1.95. The highest BCUT2D eigenvalue weighted by Gasteiger charge is 1.97. The monoisotopic (exact) mass is 189 g/mol. The van der Waals surface area contributed by atoms with Crippen LogP contribution in [0.15, 0.2) is 29.4 Å². The van der Waals surface area contributed by atoms with Crippen LogP contribution in [0.3, 0.4) is 0 Å². The van der Waals surface area contributed by atoms with E-state index in [0.29, 0.717) is 5.56 Å². The van der Waals surface area contributed by atoms with E-state index in [4.69, 9.17) is 5.26 Å². The molecule has 0 N–H and O–H groups in total. The zero-order chi connectivity index (χ0) is 9.10. The molecule has 0 saturated carbocycles. The standard InChI is InChI=1S/C9H7N3S/c10-3-8-1-2-12(4-8)5-9-6-13-7-11-9/h1-2,4,6-7H,5H2. The van der Waals surface area contributed by atoms with E-state index in [2.05, 4.69) is 11.1 Å². The number of nitrogens with zero attached hydrogens (tertiary/aromatic N) is 3. The minimum atomic E-state index is 0.690. The van der Waals surface area contributed by atoms with E-state index >= 15 is 0 Å². The molecule has 0 radical (unpaired) electrons. The predicted octanol–water partition coefficient (Wildman–Crippen LogP) is 1.86. The SMILES string of the molecule is N#Cc1ccn(Cc2cscn2)c1. The van der Waals surface area contributed by atoms with Crippen molar-refractivity contribution in [2.24, 2.45) is 0 Å². The smallest absolute Gasteiger partial charge is 0.101 e. The van der Waals surface area contributed by atoms with Crippen LogP contribution in [0.1, 0.15) is 11.3 Å². The summed E-state index contributed by atoms with van der Waals surface area (Å²) in [5.41, 5.74) is 3.53. The van der Waals surface area contributed by atoms with Gasteiger partial charge in [-0.2, -0.15) is 5.26 Å². The van der Waals surface area contributed by atoms with Gasteiger partial charge in [0.15, 0.2) is 0 Å². The fourth-order valence-corrected chi connectivity index (χ4v) is 1.66. The van der Waals surface area contributed by atoms with Gasteiger partial charge < -0.3 is 4.57 Å². The van der Waals surface area contributed by atoms with E-state index in [0.717, 1.165) is 12.2 Å². The maximum Gasteiger partial charge on any atom is 0.101 e. The van der Waals surface area contributed by atoms with Crippen molar-refractivity contribution < 1.29 is 0 Å². The van der Waals surface area contributed by atoms with Crippen LogP contribution >= 0.6 is 11.3 Å². The molecule has 0 saturated heterocycles. The Morgan fingerprint density at radius 3 is 3.15 bits per heavy atom. The van der Waals surface area contributed by atoms with Crippen LogP contribution in [0, 0.1) is 11.3 Å². The summed E-state index contributed by atoms with van der Waals surface area (Å²) < 4.78 is 1.95. The minimum absolute atomic E-state index is 0.690. The van der Waals surface area contributed by atoms with Crippen LogP contribution in [-0.2, 0) is 6.54 Å². The van der Waals surface area contributed by atoms with Gasteiger partial charge in [0.2, 0.25) is 0 Å². The molecule has 0 aliphatic rings. The zero-order valence-electron chi connectivity index (χ0n) is 6.84. The first-order valence-electron chi connectivity index (χ1n) is 3.81. The maximum absolute atomic E-state index is 8.60. The third-order valence-electron chi connectivity index (χ3n) is 1.71. The second-order valence-corrected chi connectivity index (χ2v) is 3.38. The first kappa shape index (κ1) is 8.02. The van der Waals surface area contributed by atoms with E-state index in [9.17, 15) is 0 Å². The number of thiazole rings is 1. The number of hydrogen-bond donors (Lipinski definition) is 0. The van der Waals surface area contributed by atoms with Crippen LogP contribution < -0.4 is 0 Å². The largest absolute Gasteiger partial charge is 0.347 e. The summed E-state index contributed by atoms with van der Waals surface area (Å²) in [6.07, 6.45) is 3.71. The fourth-order valence-electron chi connectivity index (χ4n) is 1.11. The maximum atomic E-state index is 8.60. The van der Waals surface area contributed by atoms with Crippen LogP contribution in [0.5, 0.6) is 0 Å². The lowest BCUT2D eigenvalue weighted by Gasteiger charge is -1.96. The third kappa shape index (κ3) is 1.76. The molecular formula is C9H7N3S. The molecule has 0 amide bonds. The average Bonchev–Trinajstić information content (AvgIpc) is 2.76. The highest BCUT2D eigenvalue weighted by Crippen LogP contribution is 2.05. The molecule has 0 atom stereocenters. The van der Waals surface area contributed by atoms with E-state index in [-0.39, 0.29) is 0 Å². The molecule has 4 heteroatoms. The molecule has 2 rings (SSSR count). The van der Waals surface area contributed by atoms with Gasteiger partial charge >= 0.3 is 0 Å². The van der Waals surface area contributed by atoms with E-state index in [1.54, 1.807) is 17.4 Å². The number of nitriles is 1. The van der Waals surface area contributed by atoms with Crippen LogP contribution in [-0.4, -0.2) is 9.55 Å². The Kier molecular flexibility index (Phi) is 2.11. The molecule has 2 heterocycles. The second-order valence-electron chi connectivity index (χ2n) is 2.66. The van der Waals surface area contributed by atoms with Crippen LogP contribution in [0.4, 0.5) is 0 Å². The van der Waals surface area contributed by atoms with Gasteiger partial charge in [0, 0.05) is 17.8 Å². The van der Waals surface area contributed by atoms with Crippen molar-refractivity contribution in [3.05, 3.63) is 40.6 Å². The first-order chi connectivity index (χ1) is 6.38. The number of hydrogen-bond acceptors (Lipinski definition) is 3. The summed E-state index contributed by atoms with van der Waals surface area (Å²) in [5, 5.41) is 10.6. The number of rotatable bonds is 2. The van der Waals surface area contributed by atoms with Gasteiger partial charge in [-0.1, -0.05) is 0 Å². The molecule has 0 unspecified atom stereocenters. The van der Waals surface area contributed by atoms with Crippen molar-refractivity contribution in [3.8, 4) is 6.07 Å². The average molecular weight is 189 g/mol. The molecule has 0 aromatic carbocycles. The lowest BCUT2D eigenvalue weighted by atomic mass is 10.4. The third-order valence-corrected chi connectivity index (χ3v) is 2.34. The summed E-state index contributed by atoms with van der Waals surface area (Å²) in [4.78, 5) is 4.16. The fraction of sp³-hybridized carbons (Fsp3) is 0.111. The highest BCUT2D eigenvalue weighted by molar-refractivity contribution is 7.07. The topological polar surface area (TPSA) is 41.6 Å². The van der Waals surface area contributed by atoms with Crippen molar-refractivity contribution in [2.45, 2.75) is 6.54 Å². The molecule has 2 aromatic heterocycles. The Morgan fingerprint density at radius 2 is 2.54 bits per heavy atom. The molecule has 2 aromatic rings. The van der Waals surface area contributed by atoms with E-state index in [1.807, 2.05) is 27.9 Å². The predicted molar refractivity (Wildman–Crippen MR) is 50.4 cm³/mol. The van der Waals surface area contributed by atoms with Gasteiger partial charge in [0.25, 0.3) is 0 Å². The van der Waals surface area contributed by atoms with Crippen molar-refractivity contribution in [1.29, 1.82) is 5.26 Å². The molecule has 0 aliphatic carbocycles. The van der Waals surface area contributed by atoms with Gasteiger partial charge in [0.05, 0.1) is 23.3 Å². The Morgan fingerprint density at radius 1 is 1.62 bits per heavy atom. The van der Waals surface area contributed by atoms with Crippen molar-refractivity contribution in [1.82, 2.24) is 9.55 Å². The molecule has 13 heavy (non-hydrogen) atoms. The molecule has 0 fully saturated rings. The molecule has 0 bridgehead atoms. The molecule has 64 valence electrons. The quantitative estimate of drug-likeness (QED) is 0.723. The van der Waals surface area contributed by atoms with Gasteiger partial charge in [-0.15, -0.1) is 11.3 Å². The normalized spacial score (nSPS) is 9.77. The Labute approximate surface area is 79.9 Å². The van der Waals surface area contributed by atoms with Crippen molar-refractivity contribution in [2.75, 3.05) is 0 Å². The Hall–Kier alpha value is -1.60. The minimum Gasteiger partial charge on any atom is -0.347 e. The highest BCUT2D eigenvalue weighted by atomic mass is 32.1. The number of aromatic nitrogens is 2. The summed E-state index contributed by atoms with van der Waals surface area (Å²) in [5.74, 6) is 0. The molecule has 0 spiro atoms. The van der Waals surface area contributed by atoms with Crippen LogP contribution in [0.25, 0.3) is 0 Å². The lowest BCUT2D eigenvalue weighted by molar-refractivity contribution is 0.786. The Bertz CT molecular complexity index is 422. The van der Waals surface area contributed by atoms with Crippen molar-refractivity contribution in [3.63, 3.8) is 0 Å². The first-order valence-corrected chi connectivity index (χ1v) is 4.76. The van der Waals surface area contributed by atoms with E-state index in [1.165, 1.54) is 0 Å². The van der Waals surface area contributed by atoms with Gasteiger partial charge in [0.1, 0.15) is 6.07 Å². The summed E-state index contributed by atoms with van der Waals surface area (Å²) in [7, 11) is 0. The second kappa shape index (κ2) is 3.42.